The molecular weight excluding hydrogens is 246 g/mol. The van der Waals surface area contributed by atoms with Gasteiger partial charge in [0, 0.05) is 24.8 Å². The number of nitrogens with zero attached hydrogens (tertiary/aromatic N) is 2. The molecule has 2 atom stereocenters. The van der Waals surface area contributed by atoms with Gasteiger partial charge in [0.05, 0.1) is 0 Å². The third kappa shape index (κ3) is 3.72. The first-order chi connectivity index (χ1) is 9.61. The third-order valence-electron chi connectivity index (χ3n) is 4.29. The quantitative estimate of drug-likeness (QED) is 0.915. The van der Waals surface area contributed by atoms with Crippen LogP contribution < -0.4 is 10.6 Å². The summed E-state index contributed by atoms with van der Waals surface area (Å²) in [4.78, 5) is 7.30. The number of hydrogen-bond donors (Lipinski definition) is 1. The maximum Gasteiger partial charge on any atom is 0.131 e. The average molecular weight is 275 g/mol. The molecule has 112 valence electrons. The van der Waals surface area contributed by atoms with Gasteiger partial charge in [0.2, 0.25) is 0 Å². The fraction of sp³-hybridized carbons (Fsp3) is 0.706. The molecule has 0 aromatic carbocycles. The van der Waals surface area contributed by atoms with E-state index in [4.69, 9.17) is 10.7 Å². The average Bonchev–Trinajstić information content (AvgIpc) is 2.63. The van der Waals surface area contributed by atoms with Crippen LogP contribution in [0, 0.1) is 6.92 Å². The second kappa shape index (κ2) is 7.07. The van der Waals surface area contributed by atoms with E-state index >= 15 is 0 Å². The minimum atomic E-state index is 0.198. The van der Waals surface area contributed by atoms with E-state index in [0.29, 0.717) is 6.04 Å². The van der Waals surface area contributed by atoms with Crippen LogP contribution in [0.25, 0.3) is 0 Å². The minimum Gasteiger partial charge on any atom is -0.353 e. The lowest BCUT2D eigenvalue weighted by molar-refractivity contribution is 0.551. The van der Waals surface area contributed by atoms with Crippen molar-refractivity contribution in [2.45, 2.75) is 71.4 Å². The van der Waals surface area contributed by atoms with Crippen LogP contribution in [0.3, 0.4) is 0 Å². The van der Waals surface area contributed by atoms with Crippen LogP contribution in [0.15, 0.2) is 12.3 Å². The highest BCUT2D eigenvalue weighted by atomic mass is 15.2. The molecule has 3 heteroatoms. The number of aryl methyl sites for hydroxylation is 1. The molecule has 3 nitrogen and oxygen atoms in total. The van der Waals surface area contributed by atoms with E-state index in [2.05, 4.69) is 24.8 Å². The molecule has 0 aliphatic carbocycles. The summed E-state index contributed by atoms with van der Waals surface area (Å²) in [5.74, 6) is 1.19. The Morgan fingerprint density at radius 2 is 2.20 bits per heavy atom. The molecule has 0 saturated carbocycles. The van der Waals surface area contributed by atoms with Gasteiger partial charge in [0.25, 0.3) is 0 Å². The zero-order valence-electron chi connectivity index (χ0n) is 13.2. The summed E-state index contributed by atoms with van der Waals surface area (Å²) in [6.07, 6.45) is 9.45. The molecule has 1 aliphatic heterocycles. The largest absolute Gasteiger partial charge is 0.353 e. The number of pyridine rings is 1. The zero-order chi connectivity index (χ0) is 14.5. The molecule has 2 heterocycles. The van der Waals surface area contributed by atoms with Crippen LogP contribution in [0.4, 0.5) is 5.82 Å². The highest BCUT2D eigenvalue weighted by Crippen LogP contribution is 2.27. The maximum absolute atomic E-state index is 5.88. The summed E-state index contributed by atoms with van der Waals surface area (Å²) >= 11 is 0. The molecule has 2 unspecified atom stereocenters. The van der Waals surface area contributed by atoms with Crippen molar-refractivity contribution in [3.05, 3.63) is 23.4 Å². The maximum atomic E-state index is 5.88. The number of anilines is 1. The smallest absolute Gasteiger partial charge is 0.131 e. The second-order valence-electron chi connectivity index (χ2n) is 6.27. The van der Waals surface area contributed by atoms with E-state index in [0.717, 1.165) is 13.0 Å². The molecule has 1 aliphatic rings. The first kappa shape index (κ1) is 15.3. The van der Waals surface area contributed by atoms with Gasteiger partial charge in [-0.1, -0.05) is 25.8 Å². The summed E-state index contributed by atoms with van der Waals surface area (Å²) in [5.41, 5.74) is 8.43. The Bertz CT molecular complexity index is 428. The molecule has 1 fully saturated rings. The predicted octanol–water partition coefficient (Wildman–Crippen LogP) is 3.44. The lowest BCUT2D eigenvalue weighted by Crippen LogP contribution is -2.35. The van der Waals surface area contributed by atoms with Gasteiger partial charge >= 0.3 is 0 Å². The van der Waals surface area contributed by atoms with Crippen LogP contribution in [0.1, 0.15) is 57.1 Å². The van der Waals surface area contributed by atoms with Crippen LogP contribution in [0.5, 0.6) is 0 Å². The van der Waals surface area contributed by atoms with Crippen LogP contribution in [-0.2, 0) is 6.42 Å². The van der Waals surface area contributed by atoms with Crippen molar-refractivity contribution in [3.63, 3.8) is 0 Å². The Hall–Kier alpha value is -1.09. The summed E-state index contributed by atoms with van der Waals surface area (Å²) in [5, 5.41) is 0. The van der Waals surface area contributed by atoms with Crippen LogP contribution in [0.2, 0.25) is 0 Å². The molecular formula is C17H29N3. The van der Waals surface area contributed by atoms with Gasteiger partial charge in [0.15, 0.2) is 0 Å². The Labute approximate surface area is 123 Å². The second-order valence-corrected chi connectivity index (χ2v) is 6.27. The first-order valence-electron chi connectivity index (χ1n) is 8.09. The van der Waals surface area contributed by atoms with Crippen LogP contribution in [-0.4, -0.2) is 23.6 Å². The fourth-order valence-corrected chi connectivity index (χ4v) is 3.29. The number of hydrogen-bond acceptors (Lipinski definition) is 3. The molecule has 20 heavy (non-hydrogen) atoms. The van der Waals surface area contributed by atoms with Crippen molar-refractivity contribution in [1.82, 2.24) is 4.98 Å². The summed E-state index contributed by atoms with van der Waals surface area (Å²) < 4.78 is 0. The normalized spacial score (nSPS) is 21.6. The Kier molecular flexibility index (Phi) is 5.41. The standard InChI is InChI=1S/C17H29N3/c1-4-16-8-6-5-7-9-20(16)17-13(2)10-15(12-19-17)11-14(3)18/h10,12,14,16H,4-9,11,18H2,1-3H3. The molecule has 2 rings (SSSR count). The molecule has 1 aromatic rings. The van der Waals surface area contributed by atoms with Gasteiger partial charge in [-0.15, -0.1) is 0 Å². The molecule has 1 saturated heterocycles. The van der Waals surface area contributed by atoms with E-state index in [1.54, 1.807) is 0 Å². The fourth-order valence-electron chi connectivity index (χ4n) is 3.29. The van der Waals surface area contributed by atoms with E-state index in [1.807, 2.05) is 13.1 Å². The number of aromatic nitrogens is 1. The van der Waals surface area contributed by atoms with Crippen molar-refractivity contribution < 1.29 is 0 Å². The first-order valence-corrected chi connectivity index (χ1v) is 8.09. The lowest BCUT2D eigenvalue weighted by atomic mass is 10.1. The van der Waals surface area contributed by atoms with E-state index in [9.17, 15) is 0 Å². The van der Waals surface area contributed by atoms with Gasteiger partial charge in [-0.3, -0.25) is 0 Å². The third-order valence-corrected chi connectivity index (χ3v) is 4.29. The van der Waals surface area contributed by atoms with Crippen molar-refractivity contribution in [1.29, 1.82) is 0 Å². The highest BCUT2D eigenvalue weighted by Gasteiger charge is 2.22. The van der Waals surface area contributed by atoms with Crippen molar-refractivity contribution in [3.8, 4) is 0 Å². The van der Waals surface area contributed by atoms with Crippen molar-refractivity contribution in [2.75, 3.05) is 11.4 Å². The topological polar surface area (TPSA) is 42.2 Å². The number of rotatable bonds is 4. The molecule has 0 amide bonds. The molecule has 0 spiro atoms. The van der Waals surface area contributed by atoms with E-state index in [-0.39, 0.29) is 6.04 Å². The summed E-state index contributed by atoms with van der Waals surface area (Å²) in [7, 11) is 0. The van der Waals surface area contributed by atoms with Gasteiger partial charge in [-0.2, -0.15) is 0 Å². The zero-order valence-corrected chi connectivity index (χ0v) is 13.2. The Balaban J connectivity index is 2.21. The van der Waals surface area contributed by atoms with Crippen molar-refractivity contribution >= 4 is 5.82 Å². The van der Waals surface area contributed by atoms with Gasteiger partial charge in [-0.25, -0.2) is 4.98 Å². The molecule has 0 radical (unpaired) electrons. The van der Waals surface area contributed by atoms with Gasteiger partial charge in [-0.05, 0) is 50.7 Å². The highest BCUT2D eigenvalue weighted by molar-refractivity contribution is 5.48. The molecule has 0 bridgehead atoms. The molecule has 2 N–H and O–H groups in total. The van der Waals surface area contributed by atoms with Crippen LogP contribution >= 0.6 is 0 Å². The monoisotopic (exact) mass is 275 g/mol. The molecule has 1 aromatic heterocycles. The number of nitrogens with two attached hydrogens (primary N) is 1. The summed E-state index contributed by atoms with van der Waals surface area (Å²) in [6, 6.07) is 3.12. The van der Waals surface area contributed by atoms with Gasteiger partial charge in [0.1, 0.15) is 5.82 Å². The van der Waals surface area contributed by atoms with Crippen molar-refractivity contribution in [2.24, 2.45) is 5.73 Å². The SMILES string of the molecule is CCC1CCCCCN1c1ncc(CC(C)N)cc1C. The van der Waals surface area contributed by atoms with E-state index < -0.39 is 0 Å². The Morgan fingerprint density at radius 1 is 1.40 bits per heavy atom. The summed E-state index contributed by atoms with van der Waals surface area (Å²) in [6.45, 7) is 7.68. The lowest BCUT2D eigenvalue weighted by Gasteiger charge is -2.31. The van der Waals surface area contributed by atoms with E-state index in [1.165, 1.54) is 49.0 Å². The van der Waals surface area contributed by atoms with Gasteiger partial charge < -0.3 is 10.6 Å². The minimum absolute atomic E-state index is 0.198. The Morgan fingerprint density at radius 3 is 2.85 bits per heavy atom. The predicted molar refractivity (Wildman–Crippen MR) is 86.2 cm³/mol.